The van der Waals surface area contributed by atoms with Gasteiger partial charge in [-0.25, -0.2) is 0 Å². The Morgan fingerprint density at radius 3 is 1.69 bits per heavy atom. The minimum atomic E-state index is -1.55. The van der Waals surface area contributed by atoms with Gasteiger partial charge in [0.25, 0.3) is 0 Å². The first-order valence-electron chi connectivity index (χ1n) is 20.9. The average Bonchev–Trinajstić information content (AvgIpc) is 3.65. The van der Waals surface area contributed by atoms with E-state index in [4.69, 9.17) is 0 Å². The lowest BCUT2D eigenvalue weighted by Gasteiger charge is -2.29. The molecule has 286 valence electrons. The van der Waals surface area contributed by atoms with Crippen molar-refractivity contribution in [2.24, 2.45) is 0 Å². The quantitative estimate of drug-likeness (QED) is 0.152. The molecule has 0 fully saturated rings. The lowest BCUT2D eigenvalue weighted by atomic mass is 9.81. The molecule has 2 nitrogen and oxygen atoms in total. The zero-order chi connectivity index (χ0) is 40.3. The van der Waals surface area contributed by atoms with Gasteiger partial charge in [0.15, 0.2) is 0 Å². The summed E-state index contributed by atoms with van der Waals surface area (Å²) in [4.78, 5) is 2.45. The van der Waals surface area contributed by atoms with Crippen molar-refractivity contribution in [2.75, 3.05) is 4.90 Å². The van der Waals surface area contributed by atoms with Crippen LogP contribution >= 0.6 is 0 Å². The molecular formula is C54H52N2Si2. The fourth-order valence-electron chi connectivity index (χ4n) is 9.62. The van der Waals surface area contributed by atoms with E-state index in [2.05, 4.69) is 221 Å². The van der Waals surface area contributed by atoms with Crippen LogP contribution in [0.5, 0.6) is 0 Å². The Bertz CT molecular complexity index is 3040. The van der Waals surface area contributed by atoms with Crippen molar-refractivity contribution in [1.82, 2.24) is 4.57 Å². The Morgan fingerprint density at radius 1 is 0.483 bits per heavy atom. The summed E-state index contributed by atoms with van der Waals surface area (Å²) >= 11 is 0. The Balaban J connectivity index is 1.21. The molecule has 9 aromatic rings. The minimum Gasteiger partial charge on any atom is -0.310 e. The standard InChI is InChI=1S/C54H52N2Si2/c1-35-21-23-37(24-22-35)55(49-20-14-16-36-15-10-11-17-41(36)49)38-25-28-44-47(31-38)54(2,3)48-34-52(42-18-12-13-19-43(42)53(44)48)56-50-29-26-39(57(4,5)6)32-45(50)46-33-40(58(7,8)9)27-30-51(46)56/h10-34H,1-9H3. The molecule has 10 rings (SSSR count). The first kappa shape index (κ1) is 36.6. The molecule has 0 saturated carbocycles. The maximum Gasteiger partial charge on any atom is 0.0776 e. The van der Waals surface area contributed by atoms with Crippen molar-refractivity contribution in [3.05, 3.63) is 168 Å². The van der Waals surface area contributed by atoms with Crippen LogP contribution in [0.1, 0.15) is 30.5 Å². The van der Waals surface area contributed by atoms with Gasteiger partial charge in [-0.3, -0.25) is 0 Å². The summed E-state index contributed by atoms with van der Waals surface area (Å²) in [6.45, 7) is 21.8. The molecule has 58 heavy (non-hydrogen) atoms. The van der Waals surface area contributed by atoms with Gasteiger partial charge in [-0.2, -0.15) is 0 Å². The Morgan fingerprint density at radius 2 is 1.05 bits per heavy atom. The summed E-state index contributed by atoms with van der Waals surface area (Å²) < 4.78 is 2.58. The normalized spacial score (nSPS) is 13.7. The number of hydrogen-bond donors (Lipinski definition) is 0. The van der Waals surface area contributed by atoms with Crippen molar-refractivity contribution in [3.8, 4) is 16.8 Å². The van der Waals surface area contributed by atoms with Gasteiger partial charge in [0.1, 0.15) is 0 Å². The lowest BCUT2D eigenvalue weighted by Crippen LogP contribution is -2.37. The molecule has 0 saturated heterocycles. The highest BCUT2D eigenvalue weighted by molar-refractivity contribution is 6.89. The van der Waals surface area contributed by atoms with Crippen molar-refractivity contribution < 1.29 is 0 Å². The predicted molar refractivity (Wildman–Crippen MR) is 259 cm³/mol. The van der Waals surface area contributed by atoms with Gasteiger partial charge in [-0.05, 0) is 88.5 Å². The Labute approximate surface area is 345 Å². The summed E-state index contributed by atoms with van der Waals surface area (Å²) in [6.07, 6.45) is 0. The SMILES string of the molecule is Cc1ccc(N(c2ccc3c(c2)C(C)(C)c2cc(-n4c5ccc([Si](C)(C)C)cc5c5cc([Si](C)(C)C)ccc54)c4ccccc4c2-3)c2cccc3ccccc23)cc1. The number of aryl methyl sites for hydroxylation is 1. The van der Waals surface area contributed by atoms with Gasteiger partial charge < -0.3 is 9.47 Å². The zero-order valence-electron chi connectivity index (χ0n) is 35.3. The molecule has 4 heteroatoms. The molecule has 1 aliphatic carbocycles. The molecule has 0 atom stereocenters. The van der Waals surface area contributed by atoms with E-state index in [-0.39, 0.29) is 5.41 Å². The fourth-order valence-corrected chi connectivity index (χ4v) is 11.9. The third-order valence-corrected chi connectivity index (χ3v) is 17.0. The number of hydrogen-bond acceptors (Lipinski definition) is 1. The van der Waals surface area contributed by atoms with Crippen LogP contribution in [0.2, 0.25) is 39.3 Å². The molecule has 1 aliphatic rings. The summed E-state index contributed by atoms with van der Waals surface area (Å²) in [5.41, 5.74) is 13.8. The van der Waals surface area contributed by atoms with E-state index in [1.165, 1.54) is 98.6 Å². The lowest BCUT2D eigenvalue weighted by molar-refractivity contribution is 0.660. The highest BCUT2D eigenvalue weighted by atomic mass is 28.3. The van der Waals surface area contributed by atoms with E-state index in [0.29, 0.717) is 0 Å². The first-order chi connectivity index (χ1) is 27.7. The minimum absolute atomic E-state index is 0.244. The molecule has 8 aromatic carbocycles. The van der Waals surface area contributed by atoms with E-state index >= 15 is 0 Å². The molecule has 1 heterocycles. The van der Waals surface area contributed by atoms with Crippen LogP contribution in [0.3, 0.4) is 0 Å². The van der Waals surface area contributed by atoms with Crippen LogP contribution in [-0.4, -0.2) is 20.7 Å². The second-order valence-electron chi connectivity index (χ2n) is 19.2. The van der Waals surface area contributed by atoms with Crippen molar-refractivity contribution in [3.63, 3.8) is 0 Å². The van der Waals surface area contributed by atoms with Gasteiger partial charge in [-0.1, -0.05) is 172 Å². The Hall–Kier alpha value is -5.69. The largest absolute Gasteiger partial charge is 0.310 e. The van der Waals surface area contributed by atoms with E-state index in [1.54, 1.807) is 0 Å². The van der Waals surface area contributed by atoms with Gasteiger partial charge in [0.05, 0.1) is 38.6 Å². The third kappa shape index (κ3) is 5.64. The number of rotatable bonds is 6. The fraction of sp³-hybridized carbons (Fsp3) is 0.185. The van der Waals surface area contributed by atoms with Gasteiger partial charge in [-0.15, -0.1) is 0 Å². The van der Waals surface area contributed by atoms with Crippen LogP contribution in [-0.2, 0) is 5.41 Å². The van der Waals surface area contributed by atoms with Crippen LogP contribution in [0, 0.1) is 6.92 Å². The molecule has 0 bridgehead atoms. The van der Waals surface area contributed by atoms with E-state index < -0.39 is 16.1 Å². The third-order valence-electron chi connectivity index (χ3n) is 12.9. The second kappa shape index (κ2) is 12.9. The van der Waals surface area contributed by atoms with Crippen molar-refractivity contribution in [1.29, 1.82) is 0 Å². The first-order valence-corrected chi connectivity index (χ1v) is 27.9. The number of nitrogens with zero attached hydrogens (tertiary/aromatic N) is 2. The summed E-state index contributed by atoms with van der Waals surface area (Å²) in [5.74, 6) is 0. The molecule has 0 radical (unpaired) electrons. The number of benzene rings is 8. The average molecular weight is 785 g/mol. The summed E-state index contributed by atoms with van der Waals surface area (Å²) in [5, 5.41) is 10.8. The van der Waals surface area contributed by atoms with Gasteiger partial charge >= 0.3 is 0 Å². The second-order valence-corrected chi connectivity index (χ2v) is 29.3. The molecule has 0 amide bonds. The highest BCUT2D eigenvalue weighted by Crippen LogP contribution is 2.54. The van der Waals surface area contributed by atoms with E-state index in [1.807, 2.05) is 0 Å². The van der Waals surface area contributed by atoms with Gasteiger partial charge in [0.2, 0.25) is 0 Å². The molecular weight excluding hydrogens is 733 g/mol. The molecule has 0 aliphatic heterocycles. The monoisotopic (exact) mass is 784 g/mol. The predicted octanol–water partition coefficient (Wildman–Crippen LogP) is 14.3. The zero-order valence-corrected chi connectivity index (χ0v) is 37.3. The topological polar surface area (TPSA) is 8.17 Å². The maximum atomic E-state index is 2.58. The molecule has 0 unspecified atom stereocenters. The van der Waals surface area contributed by atoms with Crippen LogP contribution in [0.4, 0.5) is 17.1 Å². The molecule has 0 N–H and O–H groups in total. The molecule has 0 spiro atoms. The summed E-state index contributed by atoms with van der Waals surface area (Å²) in [6, 6.07) is 58.0. The van der Waals surface area contributed by atoms with Crippen LogP contribution < -0.4 is 15.3 Å². The van der Waals surface area contributed by atoms with E-state index in [9.17, 15) is 0 Å². The van der Waals surface area contributed by atoms with Gasteiger partial charge in [0, 0.05) is 38.3 Å². The van der Waals surface area contributed by atoms with Crippen LogP contribution in [0.15, 0.2) is 152 Å². The van der Waals surface area contributed by atoms with E-state index in [0.717, 1.165) is 5.69 Å². The highest BCUT2D eigenvalue weighted by Gasteiger charge is 2.38. The van der Waals surface area contributed by atoms with Crippen molar-refractivity contribution >= 4 is 86.9 Å². The van der Waals surface area contributed by atoms with Crippen LogP contribution in [0.25, 0.3) is 60.2 Å². The summed E-state index contributed by atoms with van der Waals surface area (Å²) in [7, 11) is -3.10. The number of aromatic nitrogens is 1. The maximum absolute atomic E-state index is 2.58. The number of fused-ring (bicyclic) bond motifs is 9. The number of anilines is 3. The van der Waals surface area contributed by atoms with Crippen molar-refractivity contribution in [2.45, 2.75) is 65.5 Å². The molecule has 1 aromatic heterocycles. The smallest absolute Gasteiger partial charge is 0.0776 e. The Kier molecular flexibility index (Phi) is 8.16.